The Labute approximate surface area is 813 Å². The molecule has 5 aliphatic carbocycles. The average Bonchev–Trinajstić information content (AvgIpc) is 1.58. The lowest BCUT2D eigenvalue weighted by molar-refractivity contribution is 0.711. The molecule has 0 N–H and O–H groups in total. The van der Waals surface area contributed by atoms with Gasteiger partial charge in [0, 0.05) is 61.2 Å². The molecule has 0 amide bonds. The molecule has 0 saturated heterocycles. The first-order valence-electron chi connectivity index (χ1n) is 49.3. The van der Waals surface area contributed by atoms with Gasteiger partial charge in [-0.05, 0) is 333 Å². The predicted octanol–water partition coefficient (Wildman–Crippen LogP) is 37.7. The molecule has 0 atom stereocenters. The van der Waals surface area contributed by atoms with Gasteiger partial charge in [0.25, 0.3) is 0 Å². The van der Waals surface area contributed by atoms with E-state index in [9.17, 15) is 0 Å². The van der Waals surface area contributed by atoms with Crippen LogP contribution in [0.15, 0.2) is 419 Å². The summed E-state index contributed by atoms with van der Waals surface area (Å²) in [6.45, 7) is 24.0. The van der Waals surface area contributed by atoms with Crippen LogP contribution in [0.2, 0.25) is 0 Å². The highest BCUT2D eigenvalue weighted by atomic mass is 15.1. The van der Waals surface area contributed by atoms with E-state index in [1.165, 1.54) is 230 Å². The van der Waals surface area contributed by atoms with Crippen molar-refractivity contribution in [2.24, 2.45) is 0 Å². The van der Waals surface area contributed by atoms with Crippen LogP contribution in [-0.4, -0.2) is 0 Å². The Morgan fingerprint density at radius 2 is 0.252 bits per heavy atom. The van der Waals surface area contributed by atoms with E-state index in [4.69, 9.17) is 0 Å². The molecule has 5 aliphatic rings. The number of allylic oxidation sites excluding steroid dienone is 5. The Morgan fingerprint density at radius 3 is 0.424 bits per heavy atom. The van der Waals surface area contributed by atoms with Crippen LogP contribution in [0.5, 0.6) is 0 Å². The molecule has 0 saturated carbocycles. The Kier molecular flexibility index (Phi) is 18.8. The van der Waals surface area contributed by atoms with Gasteiger partial charge >= 0.3 is 0 Å². The molecule has 0 aromatic heterocycles. The number of rotatable bonds is 12. The highest BCUT2D eigenvalue weighted by molar-refractivity contribution is 6.24. The summed E-state index contributed by atoms with van der Waals surface area (Å²) in [4.78, 5) is 4.84. The van der Waals surface area contributed by atoms with E-state index in [1.54, 1.807) is 0 Å². The van der Waals surface area contributed by atoms with Gasteiger partial charge < -0.3 is 9.80 Å². The largest absolute Gasteiger partial charge is 0.311 e. The summed E-state index contributed by atoms with van der Waals surface area (Å²) in [5.41, 5.74) is 34.9. The fourth-order valence-electron chi connectivity index (χ4n) is 25.8. The fraction of sp³-hybridized carbons (Fsp3) is 0.109. The van der Waals surface area contributed by atoms with E-state index < -0.39 is 0 Å². The lowest BCUT2D eigenvalue weighted by Crippen LogP contribution is -2.18. The molecule has 22 aromatic rings. The lowest BCUT2D eigenvalue weighted by Gasteiger charge is -2.30. The van der Waals surface area contributed by atoms with Crippen LogP contribution in [0, 0.1) is 0 Å². The maximum absolute atomic E-state index is 2.47. The fourth-order valence-corrected chi connectivity index (χ4v) is 25.8. The smallest absolute Gasteiger partial charge is 0.0462 e. The molecule has 0 spiro atoms. The molecule has 662 valence electrons. The van der Waals surface area contributed by atoms with Crippen LogP contribution in [0.4, 0.5) is 34.1 Å². The maximum Gasteiger partial charge on any atom is 0.0462 e. The summed E-state index contributed by atoms with van der Waals surface area (Å²) in [6, 6.07) is 156. The van der Waals surface area contributed by atoms with Crippen molar-refractivity contribution in [3.05, 3.63) is 502 Å². The van der Waals surface area contributed by atoms with Crippen LogP contribution >= 0.6 is 0 Å². The van der Waals surface area contributed by atoms with Crippen molar-refractivity contribution in [2.45, 2.75) is 96.3 Å². The van der Waals surface area contributed by atoms with Crippen molar-refractivity contribution >= 4 is 200 Å². The molecule has 0 fully saturated rings. The second-order valence-corrected chi connectivity index (χ2v) is 41.6. The van der Waals surface area contributed by atoms with E-state index in [1.807, 2.05) is 0 Å². The number of hydrogen-bond acceptors (Lipinski definition) is 2. The van der Waals surface area contributed by atoms with Crippen LogP contribution in [0.25, 0.3) is 177 Å². The summed E-state index contributed by atoms with van der Waals surface area (Å²) >= 11 is 0. The molecule has 2 heteroatoms. The first-order chi connectivity index (χ1) is 67.7. The number of benzene rings is 22. The van der Waals surface area contributed by atoms with Gasteiger partial charge in [-0.3, -0.25) is 0 Å². The van der Waals surface area contributed by atoms with Gasteiger partial charge in [0.05, 0.1) is 0 Å². The van der Waals surface area contributed by atoms with Crippen LogP contribution in [0.3, 0.4) is 0 Å². The normalized spacial score (nSPS) is 15.3. The van der Waals surface area contributed by atoms with Crippen molar-refractivity contribution in [3.63, 3.8) is 0 Å². The zero-order valence-electron chi connectivity index (χ0n) is 80.1. The zero-order valence-corrected chi connectivity index (χ0v) is 80.1. The van der Waals surface area contributed by atoms with Gasteiger partial charge in [-0.2, -0.15) is 0 Å². The van der Waals surface area contributed by atoms with E-state index in [-0.39, 0.29) is 27.1 Å². The predicted molar refractivity (Wildman–Crippen MR) is 599 cm³/mol. The van der Waals surface area contributed by atoms with Gasteiger partial charge in [0.1, 0.15) is 0 Å². The molecular formula is C137H104N2. The summed E-state index contributed by atoms with van der Waals surface area (Å²) in [6.07, 6.45) is 12.3. The van der Waals surface area contributed by atoms with Crippen LogP contribution < -0.4 is 9.80 Å². The molecule has 0 heterocycles. The zero-order chi connectivity index (χ0) is 93.7. The number of nitrogens with zero attached hydrogens (tertiary/aromatic N) is 2. The van der Waals surface area contributed by atoms with Crippen molar-refractivity contribution in [1.82, 2.24) is 0 Å². The lowest BCUT2D eigenvalue weighted by atomic mass is 9.76. The highest BCUT2D eigenvalue weighted by Crippen LogP contribution is 2.60. The van der Waals surface area contributed by atoms with Gasteiger partial charge in [0.15, 0.2) is 0 Å². The summed E-state index contributed by atoms with van der Waals surface area (Å²) in [7, 11) is 0. The van der Waals surface area contributed by atoms with E-state index in [2.05, 4.69) is 528 Å². The summed E-state index contributed by atoms with van der Waals surface area (Å²) in [5, 5.41) is 26.5. The second kappa shape index (κ2) is 31.4. The number of anilines is 6. The highest BCUT2D eigenvalue weighted by Gasteiger charge is 2.43. The van der Waals surface area contributed by atoms with Gasteiger partial charge in [-0.1, -0.05) is 415 Å². The molecule has 2 nitrogen and oxygen atoms in total. The average molecular weight is 1780 g/mol. The maximum atomic E-state index is 2.47. The Balaban J connectivity index is 0.000000146. The minimum atomic E-state index is -0.201. The number of fused-ring (bicyclic) bond motifs is 30. The summed E-state index contributed by atoms with van der Waals surface area (Å²) in [5.74, 6) is 0. The van der Waals surface area contributed by atoms with Crippen LogP contribution in [-0.2, 0) is 27.1 Å². The van der Waals surface area contributed by atoms with E-state index >= 15 is 0 Å². The Morgan fingerprint density at radius 1 is 0.122 bits per heavy atom. The molecule has 0 unspecified atom stereocenters. The molecule has 0 aliphatic heterocycles. The third-order valence-electron chi connectivity index (χ3n) is 32.2. The SMILES string of the molecule is CC1(C)C(c2ccc(N(c3ccc(C4=Cc5c(c6ccccc6c6ccccc56)C4(C)C)cc3)c3ccc(-c4ccccc4)cc3)cc2)=Cc2c1c1ccccc1c1ccccc21.CC1(C)C(c2ccc(N(c3ccc(C4=Cc5c(c6ccccc6c6ccccc56)C4(C)C)cc3)c3ccc(C4=Cc5c(c6ccccc6c6ccccc56)C4(C)C)cc3)cc2)=Cc2c1c1ccccc1c1ccccc21. The van der Waals surface area contributed by atoms with E-state index in [0.29, 0.717) is 0 Å². The minimum absolute atomic E-state index is 0.176. The van der Waals surface area contributed by atoms with Crippen molar-refractivity contribution in [1.29, 1.82) is 0 Å². The number of hydrogen-bond donors (Lipinski definition) is 0. The first kappa shape index (κ1) is 83.3. The van der Waals surface area contributed by atoms with E-state index in [0.717, 1.165) is 34.1 Å². The van der Waals surface area contributed by atoms with Gasteiger partial charge in [-0.15, -0.1) is 0 Å². The Hall–Kier alpha value is -16.3. The monoisotopic (exact) mass is 1780 g/mol. The second-order valence-electron chi connectivity index (χ2n) is 41.6. The molecule has 139 heavy (non-hydrogen) atoms. The molecular weight excluding hydrogens is 1670 g/mol. The standard InChI is InChI=1S/C75H57N.C62H47N/c1-73(2)67(43-64-58-25-10-7-19-52(58)55-22-13-16-28-61(55)70(64)73)46-31-37-49(38-32-46)76(50-39-33-47(34-40-50)68-44-65-59-26-11-8-20-53(59)56-23-14-17-29-62(56)71(65)74(68,3)4)51-41-35-48(36-42-51)69-45-66-60-27-12-9-21-54(60)57-24-15-18-30-63(57)72(66)75(69,5)6;1-61(2)57(38-55-51-22-10-8-18-47(51)49-20-12-14-24-53(49)59(55)61)42-28-34-45(35-29-42)63(44-32-26-41(27-33-44)40-16-6-5-7-17-40)46-36-30-43(31-37-46)58-39-56-52-23-11-9-19-48(52)50-21-13-15-25-54(50)60(56)62(58,3)4/h7-45H,1-6H3;5-39H,1-4H3. The first-order valence-corrected chi connectivity index (χ1v) is 49.3. The summed E-state index contributed by atoms with van der Waals surface area (Å²) < 4.78 is 0. The topological polar surface area (TPSA) is 6.48 Å². The third kappa shape index (κ3) is 12.8. The van der Waals surface area contributed by atoms with Crippen molar-refractivity contribution in [2.75, 3.05) is 9.80 Å². The molecule has 0 bridgehead atoms. The van der Waals surface area contributed by atoms with Crippen molar-refractivity contribution in [3.8, 4) is 11.1 Å². The van der Waals surface area contributed by atoms with Crippen molar-refractivity contribution < 1.29 is 0 Å². The van der Waals surface area contributed by atoms with Crippen LogP contribution in [0.1, 0.15) is 153 Å². The quantitative estimate of drug-likeness (QED) is 0.113. The molecule has 27 rings (SSSR count). The Bertz CT molecular complexity index is 8460. The molecule has 22 aromatic carbocycles. The molecule has 0 radical (unpaired) electrons. The van der Waals surface area contributed by atoms with Gasteiger partial charge in [0.2, 0.25) is 0 Å². The minimum Gasteiger partial charge on any atom is -0.311 e. The van der Waals surface area contributed by atoms with Gasteiger partial charge in [-0.25, -0.2) is 0 Å². The third-order valence-corrected chi connectivity index (χ3v) is 32.2.